The van der Waals surface area contributed by atoms with Crippen molar-refractivity contribution in [1.82, 2.24) is 0 Å². The van der Waals surface area contributed by atoms with Gasteiger partial charge in [0.2, 0.25) is 0 Å². The second kappa shape index (κ2) is 4.28. The zero-order chi connectivity index (χ0) is 9.84. The Labute approximate surface area is 79.7 Å². The van der Waals surface area contributed by atoms with E-state index in [1.54, 1.807) is 7.11 Å². The van der Waals surface area contributed by atoms with Crippen molar-refractivity contribution in [3.8, 4) is 5.75 Å². The minimum Gasteiger partial charge on any atom is -0.497 e. The quantitative estimate of drug-likeness (QED) is 0.771. The third-order valence-electron chi connectivity index (χ3n) is 2.41. The van der Waals surface area contributed by atoms with Crippen LogP contribution in [0.15, 0.2) is 24.3 Å². The first-order chi connectivity index (χ1) is 6.15. The summed E-state index contributed by atoms with van der Waals surface area (Å²) >= 11 is 0. The number of methoxy groups -OCH3 is 1. The highest BCUT2D eigenvalue weighted by Crippen LogP contribution is 2.21. The highest BCUT2D eigenvalue weighted by atomic mass is 16.5. The van der Waals surface area contributed by atoms with Crippen LogP contribution >= 0.6 is 0 Å². The molecule has 0 bridgehead atoms. The maximum Gasteiger partial charge on any atom is 0.119 e. The fourth-order valence-electron chi connectivity index (χ4n) is 1.23. The molecule has 1 aromatic rings. The van der Waals surface area contributed by atoms with Crippen LogP contribution in [-0.2, 0) is 0 Å². The van der Waals surface area contributed by atoms with Gasteiger partial charge in [-0.1, -0.05) is 19.1 Å². The number of hydrogen-bond donors (Lipinski definition) is 1. The Morgan fingerprint density at radius 3 is 2.54 bits per heavy atom. The second-order valence-corrected chi connectivity index (χ2v) is 3.42. The molecular weight excluding hydrogens is 162 g/mol. The average molecular weight is 179 g/mol. The summed E-state index contributed by atoms with van der Waals surface area (Å²) < 4.78 is 5.14. The van der Waals surface area contributed by atoms with Crippen LogP contribution in [-0.4, -0.2) is 13.2 Å². The highest BCUT2D eigenvalue weighted by Gasteiger charge is 2.10. The zero-order valence-corrected chi connectivity index (χ0v) is 8.45. The molecule has 0 saturated heterocycles. The Hall–Kier alpha value is -1.02. The van der Waals surface area contributed by atoms with Crippen molar-refractivity contribution < 1.29 is 4.74 Å². The molecule has 2 nitrogen and oxygen atoms in total. The van der Waals surface area contributed by atoms with Crippen LogP contribution in [0.5, 0.6) is 5.75 Å². The van der Waals surface area contributed by atoms with Gasteiger partial charge in [-0.25, -0.2) is 0 Å². The van der Waals surface area contributed by atoms with Crippen molar-refractivity contribution in [2.45, 2.75) is 25.8 Å². The lowest BCUT2D eigenvalue weighted by atomic mass is 9.95. The molecule has 2 N–H and O–H groups in total. The van der Waals surface area contributed by atoms with E-state index >= 15 is 0 Å². The summed E-state index contributed by atoms with van der Waals surface area (Å²) in [6.45, 7) is 4.14. The van der Waals surface area contributed by atoms with Crippen molar-refractivity contribution in [3.05, 3.63) is 29.8 Å². The SMILES string of the molecule is COc1cccc([C@@H](C)C(C)N)c1. The predicted octanol–water partition coefficient (Wildman–Crippen LogP) is 2.15. The summed E-state index contributed by atoms with van der Waals surface area (Å²) in [7, 11) is 1.68. The molecule has 0 aliphatic heterocycles. The number of hydrogen-bond acceptors (Lipinski definition) is 2. The van der Waals surface area contributed by atoms with Gasteiger partial charge in [0.25, 0.3) is 0 Å². The average Bonchev–Trinajstić information content (AvgIpc) is 2.16. The summed E-state index contributed by atoms with van der Waals surface area (Å²) in [5.41, 5.74) is 7.05. The number of benzene rings is 1. The van der Waals surface area contributed by atoms with Gasteiger partial charge in [-0.15, -0.1) is 0 Å². The lowest BCUT2D eigenvalue weighted by molar-refractivity contribution is 0.413. The van der Waals surface area contributed by atoms with Crippen molar-refractivity contribution in [1.29, 1.82) is 0 Å². The van der Waals surface area contributed by atoms with E-state index in [2.05, 4.69) is 13.0 Å². The van der Waals surface area contributed by atoms with Gasteiger partial charge in [0.1, 0.15) is 5.75 Å². The Balaban J connectivity index is 2.88. The van der Waals surface area contributed by atoms with Crippen molar-refractivity contribution >= 4 is 0 Å². The Kier molecular flexibility index (Phi) is 3.32. The summed E-state index contributed by atoms with van der Waals surface area (Å²) in [6, 6.07) is 8.22. The van der Waals surface area contributed by atoms with E-state index in [0.29, 0.717) is 5.92 Å². The van der Waals surface area contributed by atoms with Gasteiger partial charge < -0.3 is 10.5 Å². The van der Waals surface area contributed by atoms with Gasteiger partial charge in [-0.05, 0) is 30.5 Å². The van der Waals surface area contributed by atoms with E-state index < -0.39 is 0 Å². The topological polar surface area (TPSA) is 35.2 Å². The molecule has 0 spiro atoms. The minimum atomic E-state index is 0.173. The second-order valence-electron chi connectivity index (χ2n) is 3.42. The first-order valence-corrected chi connectivity index (χ1v) is 4.54. The van der Waals surface area contributed by atoms with Gasteiger partial charge in [0.05, 0.1) is 7.11 Å². The third kappa shape index (κ3) is 2.46. The van der Waals surface area contributed by atoms with E-state index in [-0.39, 0.29) is 6.04 Å². The largest absolute Gasteiger partial charge is 0.497 e. The first-order valence-electron chi connectivity index (χ1n) is 4.54. The predicted molar refractivity (Wildman–Crippen MR) is 55.1 cm³/mol. The smallest absolute Gasteiger partial charge is 0.119 e. The summed E-state index contributed by atoms with van der Waals surface area (Å²) in [4.78, 5) is 0. The fourth-order valence-corrected chi connectivity index (χ4v) is 1.23. The van der Waals surface area contributed by atoms with Crippen molar-refractivity contribution in [2.24, 2.45) is 5.73 Å². The molecule has 0 saturated carbocycles. The van der Waals surface area contributed by atoms with Gasteiger partial charge in [-0.2, -0.15) is 0 Å². The molecule has 1 rings (SSSR count). The Morgan fingerprint density at radius 1 is 1.31 bits per heavy atom. The molecule has 1 aromatic carbocycles. The van der Waals surface area contributed by atoms with E-state index in [0.717, 1.165) is 5.75 Å². The Bertz CT molecular complexity index is 271. The molecule has 0 heterocycles. The molecule has 2 heteroatoms. The van der Waals surface area contributed by atoms with Crippen LogP contribution in [0.2, 0.25) is 0 Å². The van der Waals surface area contributed by atoms with Crippen LogP contribution in [0.4, 0.5) is 0 Å². The standard InChI is InChI=1S/C11H17NO/c1-8(9(2)12)10-5-4-6-11(7-10)13-3/h4-9H,12H2,1-3H3/t8-,9?/m0/s1. The van der Waals surface area contributed by atoms with Gasteiger partial charge in [0, 0.05) is 6.04 Å². The summed E-state index contributed by atoms with van der Waals surface area (Å²) in [6.07, 6.45) is 0. The van der Waals surface area contributed by atoms with Crippen LogP contribution < -0.4 is 10.5 Å². The van der Waals surface area contributed by atoms with E-state index in [1.807, 2.05) is 25.1 Å². The van der Waals surface area contributed by atoms with E-state index in [9.17, 15) is 0 Å². The maximum atomic E-state index is 5.82. The molecule has 13 heavy (non-hydrogen) atoms. The van der Waals surface area contributed by atoms with Gasteiger partial charge in [-0.3, -0.25) is 0 Å². The monoisotopic (exact) mass is 179 g/mol. The first kappa shape index (κ1) is 10.1. The molecule has 0 fully saturated rings. The summed E-state index contributed by atoms with van der Waals surface area (Å²) in [5.74, 6) is 1.26. The van der Waals surface area contributed by atoms with E-state index in [1.165, 1.54) is 5.56 Å². The lowest BCUT2D eigenvalue weighted by Crippen LogP contribution is -2.22. The fraction of sp³-hybridized carbons (Fsp3) is 0.455. The van der Waals surface area contributed by atoms with Gasteiger partial charge in [0.15, 0.2) is 0 Å². The number of rotatable bonds is 3. The summed E-state index contributed by atoms with van der Waals surface area (Å²) in [5, 5.41) is 0. The van der Waals surface area contributed by atoms with E-state index in [4.69, 9.17) is 10.5 Å². The van der Waals surface area contributed by atoms with Crippen LogP contribution in [0.25, 0.3) is 0 Å². The third-order valence-corrected chi connectivity index (χ3v) is 2.41. The molecule has 0 aromatic heterocycles. The lowest BCUT2D eigenvalue weighted by Gasteiger charge is -2.16. The normalized spacial score (nSPS) is 15.1. The van der Waals surface area contributed by atoms with Crippen LogP contribution in [0.1, 0.15) is 25.3 Å². The molecule has 2 atom stereocenters. The van der Waals surface area contributed by atoms with Crippen molar-refractivity contribution in [2.75, 3.05) is 7.11 Å². The molecule has 0 amide bonds. The molecule has 1 unspecified atom stereocenters. The van der Waals surface area contributed by atoms with Crippen LogP contribution in [0, 0.1) is 0 Å². The Morgan fingerprint density at radius 2 is 2.00 bits per heavy atom. The number of nitrogens with two attached hydrogens (primary N) is 1. The molecule has 0 aliphatic rings. The van der Waals surface area contributed by atoms with Crippen molar-refractivity contribution in [3.63, 3.8) is 0 Å². The molecule has 0 aliphatic carbocycles. The number of ether oxygens (including phenoxy) is 1. The molecule has 72 valence electrons. The molecular formula is C11H17NO. The molecule has 0 radical (unpaired) electrons. The maximum absolute atomic E-state index is 5.82. The van der Waals surface area contributed by atoms with Crippen LogP contribution in [0.3, 0.4) is 0 Å². The zero-order valence-electron chi connectivity index (χ0n) is 8.45. The minimum absolute atomic E-state index is 0.173. The highest BCUT2D eigenvalue weighted by molar-refractivity contribution is 5.31. The van der Waals surface area contributed by atoms with Gasteiger partial charge >= 0.3 is 0 Å².